The minimum Gasteiger partial charge on any atom is -0.379 e. The molecule has 4 aromatic rings. The van der Waals surface area contributed by atoms with Gasteiger partial charge in [0.05, 0.1) is 12.6 Å². The highest BCUT2D eigenvalue weighted by Gasteiger charge is 2.18. The molecule has 168 valence electrons. The van der Waals surface area contributed by atoms with Crippen molar-refractivity contribution in [1.29, 1.82) is 0 Å². The number of aryl methyl sites for hydroxylation is 2. The number of benzene rings is 2. The summed E-state index contributed by atoms with van der Waals surface area (Å²) in [6.07, 6.45) is 2.67. The van der Waals surface area contributed by atoms with Crippen molar-refractivity contribution in [3.8, 4) is 22.3 Å². The fraction of sp³-hybridized carbons (Fsp3) is 0.269. The maximum Gasteiger partial charge on any atom is 0.260 e. The maximum absolute atomic E-state index is 13.4. The topological polar surface area (TPSA) is 69.0 Å². The molecular weight excluding hydrogens is 436 g/mol. The summed E-state index contributed by atoms with van der Waals surface area (Å²) in [4.78, 5) is 22.5. The van der Waals surface area contributed by atoms with Crippen LogP contribution in [0, 0.1) is 6.92 Å². The van der Waals surface area contributed by atoms with Crippen molar-refractivity contribution >= 4 is 28.6 Å². The van der Waals surface area contributed by atoms with Crippen LogP contribution in [0.4, 0.5) is 5.95 Å². The number of nitrogens with one attached hydrogen (secondary N) is 1. The van der Waals surface area contributed by atoms with Crippen molar-refractivity contribution in [1.82, 2.24) is 14.5 Å². The molecule has 1 N–H and O–H groups in total. The minimum atomic E-state index is -0.121. The van der Waals surface area contributed by atoms with Gasteiger partial charge in [-0.3, -0.25) is 9.36 Å². The molecule has 0 radical (unpaired) electrons. The first-order valence-corrected chi connectivity index (χ1v) is 11.5. The van der Waals surface area contributed by atoms with E-state index < -0.39 is 0 Å². The van der Waals surface area contributed by atoms with E-state index in [1.54, 1.807) is 10.8 Å². The zero-order valence-electron chi connectivity index (χ0n) is 18.6. The molecule has 1 aliphatic rings. The number of pyridine rings is 1. The van der Waals surface area contributed by atoms with Crippen LogP contribution < -0.4 is 10.9 Å². The zero-order chi connectivity index (χ0) is 22.9. The van der Waals surface area contributed by atoms with Gasteiger partial charge in [0.2, 0.25) is 5.95 Å². The predicted octanol–water partition coefficient (Wildman–Crippen LogP) is 5.31. The first-order valence-electron chi connectivity index (χ1n) is 11.2. The van der Waals surface area contributed by atoms with Gasteiger partial charge in [0.25, 0.3) is 5.56 Å². The van der Waals surface area contributed by atoms with Crippen LogP contribution in [0.5, 0.6) is 0 Å². The molecule has 6 nitrogen and oxygen atoms in total. The van der Waals surface area contributed by atoms with Crippen molar-refractivity contribution in [2.75, 3.05) is 18.5 Å². The third-order valence-corrected chi connectivity index (χ3v) is 6.33. The Kier molecular flexibility index (Phi) is 5.87. The van der Waals surface area contributed by atoms with Gasteiger partial charge in [0, 0.05) is 40.9 Å². The fourth-order valence-electron chi connectivity index (χ4n) is 4.28. The van der Waals surface area contributed by atoms with Crippen LogP contribution in [0.15, 0.2) is 59.5 Å². The van der Waals surface area contributed by atoms with Crippen molar-refractivity contribution in [2.24, 2.45) is 0 Å². The molecule has 1 fully saturated rings. The van der Waals surface area contributed by atoms with E-state index in [1.807, 2.05) is 37.3 Å². The molecule has 0 unspecified atom stereocenters. The second-order valence-electron chi connectivity index (χ2n) is 8.35. The normalized spacial score (nSPS) is 15.8. The first-order chi connectivity index (χ1) is 16.0. The Morgan fingerprint density at radius 2 is 2.00 bits per heavy atom. The predicted molar refractivity (Wildman–Crippen MR) is 133 cm³/mol. The number of halogens is 1. The Morgan fingerprint density at radius 1 is 1.15 bits per heavy atom. The molecule has 2 aromatic heterocycles. The standard InChI is InChI=1S/C26H25ClN4O2/c1-3-31-24-19(14-28-26(30-24)29-20-9-10-33-15-20)12-22(25(31)32)21-8-7-18(13-23(21)27)17-6-4-5-16(2)11-17/h4-8,11-14,20H,3,9-10,15H2,1-2H3,(H,28,29,30)/t20-/m1/s1. The van der Waals surface area contributed by atoms with Crippen LogP contribution in [-0.2, 0) is 11.3 Å². The molecule has 7 heteroatoms. The number of anilines is 1. The number of aromatic nitrogens is 3. The van der Waals surface area contributed by atoms with Crippen LogP contribution >= 0.6 is 11.6 Å². The average molecular weight is 461 g/mol. The summed E-state index contributed by atoms with van der Waals surface area (Å²) in [7, 11) is 0. The van der Waals surface area contributed by atoms with Crippen molar-refractivity contribution in [3.63, 3.8) is 0 Å². The summed E-state index contributed by atoms with van der Waals surface area (Å²) in [6, 6.07) is 16.1. The molecule has 3 heterocycles. The number of fused-ring (bicyclic) bond motifs is 1. The highest BCUT2D eigenvalue weighted by atomic mass is 35.5. The monoisotopic (exact) mass is 460 g/mol. The van der Waals surface area contributed by atoms with Gasteiger partial charge in [-0.2, -0.15) is 4.98 Å². The molecule has 1 aliphatic heterocycles. The number of hydrogen-bond acceptors (Lipinski definition) is 5. The summed E-state index contributed by atoms with van der Waals surface area (Å²) < 4.78 is 7.09. The van der Waals surface area contributed by atoms with Gasteiger partial charge in [0.1, 0.15) is 5.65 Å². The lowest BCUT2D eigenvalue weighted by Gasteiger charge is -2.14. The number of rotatable bonds is 5. The Hall–Kier alpha value is -3.22. The highest BCUT2D eigenvalue weighted by molar-refractivity contribution is 6.33. The van der Waals surface area contributed by atoms with E-state index in [9.17, 15) is 4.79 Å². The molecule has 0 bridgehead atoms. The molecule has 1 atom stereocenters. The van der Waals surface area contributed by atoms with E-state index in [0.717, 1.165) is 29.5 Å². The second-order valence-corrected chi connectivity index (χ2v) is 8.76. The minimum absolute atomic E-state index is 0.121. The van der Waals surface area contributed by atoms with E-state index in [2.05, 4.69) is 40.4 Å². The van der Waals surface area contributed by atoms with Gasteiger partial charge in [-0.25, -0.2) is 4.98 Å². The molecule has 33 heavy (non-hydrogen) atoms. The van der Waals surface area contributed by atoms with Gasteiger partial charge < -0.3 is 10.1 Å². The van der Waals surface area contributed by atoms with E-state index in [1.165, 1.54) is 5.56 Å². The van der Waals surface area contributed by atoms with Crippen molar-refractivity contribution < 1.29 is 4.74 Å². The number of ether oxygens (including phenoxy) is 1. The van der Waals surface area contributed by atoms with Crippen LogP contribution in [0.25, 0.3) is 33.3 Å². The summed E-state index contributed by atoms with van der Waals surface area (Å²) in [5.74, 6) is 0.507. The SMILES string of the molecule is CCn1c(=O)c(-c2ccc(-c3cccc(C)c3)cc2Cl)cc2cnc(N[C@@H]3CCOC3)nc21. The van der Waals surface area contributed by atoms with Crippen molar-refractivity contribution in [2.45, 2.75) is 32.9 Å². The van der Waals surface area contributed by atoms with E-state index in [-0.39, 0.29) is 11.6 Å². The van der Waals surface area contributed by atoms with Crippen molar-refractivity contribution in [3.05, 3.63) is 75.7 Å². The van der Waals surface area contributed by atoms with Gasteiger partial charge in [0.15, 0.2) is 0 Å². The summed E-state index contributed by atoms with van der Waals surface area (Å²) in [5.41, 5.74) is 5.01. The van der Waals surface area contributed by atoms with E-state index >= 15 is 0 Å². The third kappa shape index (κ3) is 4.24. The molecular formula is C26H25ClN4O2. The van der Waals surface area contributed by atoms with Crippen LogP contribution in [0.2, 0.25) is 5.02 Å². The molecule has 0 aliphatic carbocycles. The molecule has 5 rings (SSSR count). The van der Waals surface area contributed by atoms with Gasteiger partial charge in [-0.15, -0.1) is 0 Å². The lowest BCUT2D eigenvalue weighted by atomic mass is 9.99. The van der Waals surface area contributed by atoms with Gasteiger partial charge >= 0.3 is 0 Å². The Morgan fingerprint density at radius 3 is 2.73 bits per heavy atom. The molecule has 0 saturated carbocycles. The quantitative estimate of drug-likeness (QED) is 0.437. The third-order valence-electron chi connectivity index (χ3n) is 6.02. The van der Waals surface area contributed by atoms with E-state index in [0.29, 0.717) is 40.9 Å². The second kappa shape index (κ2) is 8.96. The Balaban J connectivity index is 1.56. The Bertz CT molecular complexity index is 1390. The summed E-state index contributed by atoms with van der Waals surface area (Å²) in [6.45, 7) is 5.86. The first kappa shape index (κ1) is 21.6. The van der Waals surface area contributed by atoms with Gasteiger partial charge in [-0.05, 0) is 43.5 Å². The molecule has 0 amide bonds. The lowest BCUT2D eigenvalue weighted by Crippen LogP contribution is -2.24. The average Bonchev–Trinajstić information content (AvgIpc) is 3.32. The van der Waals surface area contributed by atoms with Crippen LogP contribution in [-0.4, -0.2) is 33.8 Å². The largest absolute Gasteiger partial charge is 0.379 e. The highest BCUT2D eigenvalue weighted by Crippen LogP contribution is 2.32. The van der Waals surface area contributed by atoms with Gasteiger partial charge in [-0.1, -0.05) is 53.6 Å². The lowest BCUT2D eigenvalue weighted by molar-refractivity contribution is 0.195. The molecule has 2 aromatic carbocycles. The molecule has 1 saturated heterocycles. The van der Waals surface area contributed by atoms with Crippen LogP contribution in [0.3, 0.4) is 0 Å². The van der Waals surface area contributed by atoms with Crippen LogP contribution in [0.1, 0.15) is 18.9 Å². The number of nitrogens with zero attached hydrogens (tertiary/aromatic N) is 3. The fourth-order valence-corrected chi connectivity index (χ4v) is 4.57. The molecule has 0 spiro atoms. The summed E-state index contributed by atoms with van der Waals surface area (Å²) in [5, 5.41) is 4.63. The summed E-state index contributed by atoms with van der Waals surface area (Å²) >= 11 is 6.69. The number of hydrogen-bond donors (Lipinski definition) is 1. The zero-order valence-corrected chi connectivity index (χ0v) is 19.4. The smallest absolute Gasteiger partial charge is 0.260 e. The maximum atomic E-state index is 13.4. The Labute approximate surface area is 197 Å². The van der Waals surface area contributed by atoms with E-state index in [4.69, 9.17) is 16.3 Å².